The van der Waals surface area contributed by atoms with Gasteiger partial charge in [0.15, 0.2) is 5.78 Å². The largest absolute Gasteiger partial charge is 0.294 e. The molecule has 0 N–H and O–H groups in total. The van der Waals surface area contributed by atoms with Gasteiger partial charge in [0.1, 0.15) is 0 Å². The van der Waals surface area contributed by atoms with Crippen LogP contribution in [0, 0.1) is 11.8 Å². The summed E-state index contributed by atoms with van der Waals surface area (Å²) in [5, 5.41) is 0. The van der Waals surface area contributed by atoms with Crippen LogP contribution in [0.25, 0.3) is 6.08 Å². The molecule has 2 bridgehead atoms. The number of hydrogen-bond acceptors (Lipinski definition) is 1. The number of carbonyl (C=O) groups excluding carboxylic acids is 1. The number of hydrogen-bond donors (Lipinski definition) is 0. The number of rotatable bonds is 1. The van der Waals surface area contributed by atoms with Gasteiger partial charge in [-0.25, -0.2) is 0 Å². The first-order valence-electron chi connectivity index (χ1n) is 5.65. The number of Topliss-reactive ketones (excluding diaryl/α,β-unsaturated/α-hetero) is 1. The van der Waals surface area contributed by atoms with Crippen molar-refractivity contribution in [1.82, 2.24) is 0 Å². The highest BCUT2D eigenvalue weighted by molar-refractivity contribution is 6.04. The molecule has 0 aromatic heterocycles. The summed E-state index contributed by atoms with van der Waals surface area (Å²) in [6.07, 6.45) is 5.54. The van der Waals surface area contributed by atoms with Crippen molar-refractivity contribution in [2.45, 2.75) is 19.3 Å². The van der Waals surface area contributed by atoms with E-state index in [1.165, 1.54) is 6.42 Å². The highest BCUT2D eigenvalue weighted by atomic mass is 16.1. The summed E-state index contributed by atoms with van der Waals surface area (Å²) in [6, 6.07) is 10.2. The predicted octanol–water partition coefficient (Wildman–Crippen LogP) is 3.07. The van der Waals surface area contributed by atoms with Gasteiger partial charge in [0.25, 0.3) is 0 Å². The van der Waals surface area contributed by atoms with Crippen molar-refractivity contribution in [3.8, 4) is 0 Å². The third-order valence-electron chi connectivity index (χ3n) is 3.65. The van der Waals surface area contributed by atoms with E-state index in [0.29, 0.717) is 17.6 Å². The number of fused-ring (bicyclic) bond motifs is 2. The Balaban J connectivity index is 1.95. The topological polar surface area (TPSA) is 17.1 Å². The van der Waals surface area contributed by atoms with Gasteiger partial charge in [0, 0.05) is 5.92 Å². The van der Waals surface area contributed by atoms with Gasteiger partial charge in [-0.2, -0.15) is 0 Å². The molecule has 0 aliphatic heterocycles. The van der Waals surface area contributed by atoms with Gasteiger partial charge in [-0.3, -0.25) is 4.79 Å². The van der Waals surface area contributed by atoms with E-state index >= 15 is 0 Å². The van der Waals surface area contributed by atoms with Gasteiger partial charge in [-0.15, -0.1) is 0 Å². The van der Waals surface area contributed by atoms with Gasteiger partial charge < -0.3 is 0 Å². The standard InChI is InChI=1S/C14H14O/c15-14-12-7-6-11(9-12)13(14)8-10-4-2-1-3-5-10/h1-5,8,11-12H,6-7,9H2/b13-8+/t11-,12+/m1/s1. The zero-order valence-electron chi connectivity index (χ0n) is 8.65. The Morgan fingerprint density at radius 1 is 1.07 bits per heavy atom. The fourth-order valence-corrected chi connectivity index (χ4v) is 2.86. The van der Waals surface area contributed by atoms with Gasteiger partial charge >= 0.3 is 0 Å². The molecule has 1 nitrogen and oxygen atoms in total. The summed E-state index contributed by atoms with van der Waals surface area (Å²) in [5.74, 6) is 1.32. The molecule has 76 valence electrons. The van der Waals surface area contributed by atoms with Crippen LogP contribution in [0.4, 0.5) is 0 Å². The third-order valence-corrected chi connectivity index (χ3v) is 3.65. The van der Waals surface area contributed by atoms with Crippen LogP contribution in [0.15, 0.2) is 35.9 Å². The van der Waals surface area contributed by atoms with Gasteiger partial charge in [-0.05, 0) is 42.4 Å². The first-order valence-corrected chi connectivity index (χ1v) is 5.65. The van der Waals surface area contributed by atoms with Crippen LogP contribution in [-0.2, 0) is 4.79 Å². The number of ketones is 1. The van der Waals surface area contributed by atoms with Gasteiger partial charge in [-0.1, -0.05) is 30.3 Å². The zero-order valence-corrected chi connectivity index (χ0v) is 8.65. The van der Waals surface area contributed by atoms with Crippen LogP contribution in [0.5, 0.6) is 0 Å². The molecule has 0 radical (unpaired) electrons. The monoisotopic (exact) mass is 198 g/mol. The van der Waals surface area contributed by atoms with Crippen molar-refractivity contribution >= 4 is 11.9 Å². The van der Waals surface area contributed by atoms with E-state index in [1.54, 1.807) is 0 Å². The maximum Gasteiger partial charge on any atom is 0.162 e. The van der Waals surface area contributed by atoms with Crippen LogP contribution in [0.1, 0.15) is 24.8 Å². The van der Waals surface area contributed by atoms with E-state index in [-0.39, 0.29) is 0 Å². The smallest absolute Gasteiger partial charge is 0.162 e. The Morgan fingerprint density at radius 2 is 1.80 bits per heavy atom. The van der Waals surface area contributed by atoms with Crippen LogP contribution in [0.3, 0.4) is 0 Å². The summed E-state index contributed by atoms with van der Waals surface area (Å²) in [6.45, 7) is 0. The van der Waals surface area contributed by atoms with E-state index in [9.17, 15) is 4.79 Å². The minimum atomic E-state index is 0.352. The molecule has 1 aromatic carbocycles. The van der Waals surface area contributed by atoms with Crippen molar-refractivity contribution in [3.63, 3.8) is 0 Å². The molecule has 3 rings (SSSR count). The molecule has 0 spiro atoms. The molecule has 2 aliphatic rings. The summed E-state index contributed by atoms with van der Waals surface area (Å²) in [4.78, 5) is 11.9. The van der Waals surface area contributed by atoms with E-state index in [2.05, 4.69) is 18.2 Å². The molecule has 2 saturated carbocycles. The lowest BCUT2D eigenvalue weighted by atomic mass is 9.92. The molecule has 0 heterocycles. The second kappa shape index (κ2) is 3.34. The molecule has 2 aliphatic carbocycles. The fraction of sp³-hybridized carbons (Fsp3) is 0.357. The second-order valence-electron chi connectivity index (χ2n) is 4.58. The quantitative estimate of drug-likeness (QED) is 0.634. The van der Waals surface area contributed by atoms with Crippen molar-refractivity contribution in [2.24, 2.45) is 11.8 Å². The van der Waals surface area contributed by atoms with Crippen LogP contribution in [0.2, 0.25) is 0 Å². The van der Waals surface area contributed by atoms with E-state index < -0.39 is 0 Å². The average Bonchev–Trinajstić information content (AvgIpc) is 2.84. The number of allylic oxidation sites excluding steroid dienone is 1. The molecule has 0 amide bonds. The minimum Gasteiger partial charge on any atom is -0.294 e. The Hall–Kier alpha value is -1.37. The second-order valence-corrected chi connectivity index (χ2v) is 4.58. The van der Waals surface area contributed by atoms with E-state index in [1.807, 2.05) is 18.2 Å². The van der Waals surface area contributed by atoms with Crippen molar-refractivity contribution in [1.29, 1.82) is 0 Å². The van der Waals surface area contributed by atoms with Crippen molar-refractivity contribution in [3.05, 3.63) is 41.5 Å². The summed E-state index contributed by atoms with van der Waals surface area (Å²) in [5.41, 5.74) is 2.24. The van der Waals surface area contributed by atoms with Crippen molar-refractivity contribution in [2.75, 3.05) is 0 Å². The van der Waals surface area contributed by atoms with E-state index in [4.69, 9.17) is 0 Å². The first kappa shape index (κ1) is 8.90. The normalized spacial score (nSPS) is 31.5. The Kier molecular flexibility index (Phi) is 1.98. The molecule has 0 saturated heterocycles. The van der Waals surface area contributed by atoms with Crippen LogP contribution >= 0.6 is 0 Å². The highest BCUT2D eigenvalue weighted by Crippen LogP contribution is 2.46. The van der Waals surface area contributed by atoms with Crippen molar-refractivity contribution < 1.29 is 4.79 Å². The Labute approximate surface area is 89.8 Å². The zero-order chi connectivity index (χ0) is 10.3. The first-order chi connectivity index (χ1) is 7.34. The Bertz CT molecular complexity index is 416. The van der Waals surface area contributed by atoms with Gasteiger partial charge in [0.05, 0.1) is 0 Å². The number of carbonyl (C=O) groups is 1. The summed E-state index contributed by atoms with van der Waals surface area (Å²) >= 11 is 0. The Morgan fingerprint density at radius 3 is 2.47 bits per heavy atom. The SMILES string of the molecule is O=C1/C(=C/c2ccccc2)[C@@H]2CC[C@H]1C2. The third kappa shape index (κ3) is 1.43. The maximum atomic E-state index is 11.9. The fourth-order valence-electron chi connectivity index (χ4n) is 2.86. The summed E-state index contributed by atoms with van der Waals surface area (Å²) < 4.78 is 0. The molecule has 1 heteroatoms. The summed E-state index contributed by atoms with van der Waals surface area (Å²) in [7, 11) is 0. The molecule has 1 aromatic rings. The maximum absolute atomic E-state index is 11.9. The lowest BCUT2D eigenvalue weighted by Crippen LogP contribution is -2.11. The molecule has 15 heavy (non-hydrogen) atoms. The average molecular weight is 198 g/mol. The highest BCUT2D eigenvalue weighted by Gasteiger charge is 2.42. The lowest BCUT2D eigenvalue weighted by molar-refractivity contribution is -0.118. The minimum absolute atomic E-state index is 0.352. The molecular weight excluding hydrogens is 184 g/mol. The lowest BCUT2D eigenvalue weighted by Gasteiger charge is -2.11. The van der Waals surface area contributed by atoms with Crippen LogP contribution < -0.4 is 0 Å². The van der Waals surface area contributed by atoms with Gasteiger partial charge in [0.2, 0.25) is 0 Å². The molecule has 2 atom stereocenters. The molecular formula is C14H14O. The molecule has 2 fully saturated rings. The predicted molar refractivity (Wildman–Crippen MR) is 60.3 cm³/mol. The number of benzene rings is 1. The van der Waals surface area contributed by atoms with Crippen LogP contribution in [-0.4, -0.2) is 5.78 Å². The molecule has 0 unspecified atom stereocenters. The van der Waals surface area contributed by atoms with E-state index in [0.717, 1.165) is 24.0 Å².